The fourth-order valence-electron chi connectivity index (χ4n) is 1.77. The van der Waals surface area contributed by atoms with Crippen LogP contribution < -0.4 is 10.6 Å². The molecule has 1 amide bonds. The lowest BCUT2D eigenvalue weighted by Gasteiger charge is -2.26. The van der Waals surface area contributed by atoms with Gasteiger partial charge in [0, 0.05) is 26.2 Å². The first-order valence-electron chi connectivity index (χ1n) is 6.18. The molecule has 0 atom stereocenters. The molecule has 0 unspecified atom stereocenters. The van der Waals surface area contributed by atoms with Crippen molar-refractivity contribution in [3.05, 3.63) is 24.2 Å². The maximum atomic E-state index is 11.6. The number of hydrogen-bond acceptors (Lipinski definition) is 5. The Kier molecular flexibility index (Phi) is 5.31. The van der Waals surface area contributed by atoms with Gasteiger partial charge >= 0.3 is 0 Å². The van der Waals surface area contributed by atoms with Gasteiger partial charge in [-0.15, -0.1) is 0 Å². The van der Waals surface area contributed by atoms with Crippen molar-refractivity contribution in [2.24, 2.45) is 0 Å². The molecule has 0 saturated carbocycles. The molecule has 1 aliphatic heterocycles. The maximum absolute atomic E-state index is 11.6. The highest BCUT2D eigenvalue weighted by Crippen LogP contribution is 1.98. The number of carbonyl (C=O) groups excluding carboxylic acids is 1. The molecule has 19 heavy (non-hydrogen) atoms. The number of thiocarbonyl (C=S) groups is 1. The van der Waals surface area contributed by atoms with Crippen LogP contribution in [0.5, 0.6) is 0 Å². The molecule has 7 heteroatoms. The topological polar surface area (TPSA) is 66.7 Å². The summed E-state index contributed by atoms with van der Waals surface area (Å²) in [5, 5.41) is 5.88. The molecule has 6 nitrogen and oxygen atoms in total. The standard InChI is InChI=1S/C12H17N3O3S/c16-11(10-2-1-7-18-10)14-12(19)13-3-4-15-5-8-17-9-6-15/h1-2,7H,3-6,8-9H2,(H2,13,14,16,19). The second-order valence-electron chi connectivity index (χ2n) is 4.14. The summed E-state index contributed by atoms with van der Waals surface area (Å²) in [7, 11) is 0. The van der Waals surface area contributed by atoms with Crippen LogP contribution in [0.25, 0.3) is 0 Å². The molecule has 2 N–H and O–H groups in total. The SMILES string of the molecule is O=C(NC(=S)NCCN1CCOCC1)c1ccco1. The Labute approximate surface area is 117 Å². The van der Waals surface area contributed by atoms with E-state index in [-0.39, 0.29) is 11.7 Å². The number of amides is 1. The van der Waals surface area contributed by atoms with Crippen LogP contribution >= 0.6 is 12.2 Å². The molecule has 1 fully saturated rings. The molecule has 0 bridgehead atoms. The lowest BCUT2D eigenvalue weighted by Crippen LogP contribution is -2.44. The molecule has 0 aliphatic carbocycles. The molecule has 1 aliphatic rings. The molecule has 0 radical (unpaired) electrons. The second-order valence-corrected chi connectivity index (χ2v) is 4.55. The minimum absolute atomic E-state index is 0.248. The minimum Gasteiger partial charge on any atom is -0.459 e. The van der Waals surface area contributed by atoms with Gasteiger partial charge in [-0.3, -0.25) is 15.0 Å². The van der Waals surface area contributed by atoms with Crippen LogP contribution in [-0.2, 0) is 4.74 Å². The maximum Gasteiger partial charge on any atom is 0.293 e. The number of hydrogen-bond donors (Lipinski definition) is 2. The van der Waals surface area contributed by atoms with Crippen LogP contribution in [0.2, 0.25) is 0 Å². The van der Waals surface area contributed by atoms with Gasteiger partial charge in [-0.2, -0.15) is 0 Å². The lowest BCUT2D eigenvalue weighted by molar-refractivity contribution is 0.0389. The summed E-state index contributed by atoms with van der Waals surface area (Å²) in [5.74, 6) is -0.0915. The fourth-order valence-corrected chi connectivity index (χ4v) is 1.96. The molecule has 2 heterocycles. The van der Waals surface area contributed by atoms with Gasteiger partial charge in [0.15, 0.2) is 10.9 Å². The lowest BCUT2D eigenvalue weighted by atomic mass is 10.4. The van der Waals surface area contributed by atoms with E-state index in [4.69, 9.17) is 21.4 Å². The highest BCUT2D eigenvalue weighted by atomic mass is 32.1. The Bertz CT molecular complexity index is 416. The largest absolute Gasteiger partial charge is 0.459 e. The van der Waals surface area contributed by atoms with Crippen LogP contribution in [0.1, 0.15) is 10.6 Å². The van der Waals surface area contributed by atoms with Gasteiger partial charge in [-0.25, -0.2) is 0 Å². The average Bonchev–Trinajstić information content (AvgIpc) is 2.94. The smallest absolute Gasteiger partial charge is 0.293 e. The third-order valence-electron chi connectivity index (χ3n) is 2.79. The first kappa shape index (κ1) is 14.0. The zero-order valence-electron chi connectivity index (χ0n) is 10.6. The van der Waals surface area contributed by atoms with E-state index >= 15 is 0 Å². The Morgan fingerprint density at radius 2 is 2.21 bits per heavy atom. The van der Waals surface area contributed by atoms with Crippen molar-refractivity contribution in [1.82, 2.24) is 15.5 Å². The van der Waals surface area contributed by atoms with E-state index in [1.165, 1.54) is 6.26 Å². The van der Waals surface area contributed by atoms with Crippen LogP contribution in [-0.4, -0.2) is 55.3 Å². The summed E-state index contributed by atoms with van der Waals surface area (Å²) in [6.07, 6.45) is 1.45. The predicted molar refractivity (Wildman–Crippen MR) is 74.0 cm³/mol. The number of furan rings is 1. The average molecular weight is 283 g/mol. The molecule has 1 saturated heterocycles. The molecular weight excluding hydrogens is 266 g/mol. The van der Waals surface area contributed by atoms with E-state index in [0.29, 0.717) is 11.7 Å². The molecule has 0 aromatic carbocycles. The number of ether oxygens (including phenoxy) is 1. The second kappa shape index (κ2) is 7.22. The van der Waals surface area contributed by atoms with E-state index in [2.05, 4.69) is 15.5 Å². The first-order chi connectivity index (χ1) is 9.25. The zero-order valence-corrected chi connectivity index (χ0v) is 11.4. The van der Waals surface area contributed by atoms with Gasteiger partial charge in [0.2, 0.25) is 0 Å². The van der Waals surface area contributed by atoms with E-state index in [1.807, 2.05) is 0 Å². The molecule has 1 aromatic rings. The molecule has 2 rings (SSSR count). The van der Waals surface area contributed by atoms with Crippen molar-refractivity contribution in [1.29, 1.82) is 0 Å². The quantitative estimate of drug-likeness (QED) is 0.770. The zero-order chi connectivity index (χ0) is 13.5. The summed E-state index contributed by atoms with van der Waals surface area (Å²) in [6.45, 7) is 5.00. The normalized spacial score (nSPS) is 16.0. The van der Waals surface area contributed by atoms with Crippen molar-refractivity contribution in [2.45, 2.75) is 0 Å². The van der Waals surface area contributed by atoms with E-state index in [1.54, 1.807) is 12.1 Å². The number of rotatable bonds is 4. The molecule has 1 aromatic heterocycles. The van der Waals surface area contributed by atoms with E-state index < -0.39 is 0 Å². The van der Waals surface area contributed by atoms with Crippen molar-refractivity contribution >= 4 is 23.2 Å². The molecular formula is C12H17N3O3S. The van der Waals surface area contributed by atoms with Gasteiger partial charge in [-0.05, 0) is 24.4 Å². The van der Waals surface area contributed by atoms with Crippen LogP contribution in [0, 0.1) is 0 Å². The Morgan fingerprint density at radius 3 is 2.89 bits per heavy atom. The van der Waals surface area contributed by atoms with Crippen molar-refractivity contribution in [3.8, 4) is 0 Å². The third-order valence-corrected chi connectivity index (χ3v) is 3.04. The van der Waals surface area contributed by atoms with Gasteiger partial charge < -0.3 is 14.5 Å². The summed E-state index contributed by atoms with van der Waals surface area (Å²) in [6, 6.07) is 3.25. The van der Waals surface area contributed by atoms with E-state index in [9.17, 15) is 4.79 Å². The summed E-state index contributed by atoms with van der Waals surface area (Å²) < 4.78 is 10.2. The highest BCUT2D eigenvalue weighted by Gasteiger charge is 2.11. The first-order valence-corrected chi connectivity index (χ1v) is 6.59. The van der Waals surface area contributed by atoms with Crippen molar-refractivity contribution < 1.29 is 13.9 Å². The van der Waals surface area contributed by atoms with Crippen molar-refractivity contribution in [2.75, 3.05) is 39.4 Å². The highest BCUT2D eigenvalue weighted by molar-refractivity contribution is 7.80. The summed E-state index contributed by atoms with van der Waals surface area (Å²) in [4.78, 5) is 13.9. The van der Waals surface area contributed by atoms with Gasteiger partial charge in [0.1, 0.15) is 0 Å². The van der Waals surface area contributed by atoms with Gasteiger partial charge in [-0.1, -0.05) is 0 Å². The molecule has 0 spiro atoms. The van der Waals surface area contributed by atoms with E-state index in [0.717, 1.165) is 32.8 Å². The number of carbonyl (C=O) groups is 1. The Hall–Kier alpha value is -1.44. The van der Waals surface area contributed by atoms with Crippen LogP contribution in [0.3, 0.4) is 0 Å². The number of nitrogens with zero attached hydrogens (tertiary/aromatic N) is 1. The van der Waals surface area contributed by atoms with Crippen LogP contribution in [0.15, 0.2) is 22.8 Å². The van der Waals surface area contributed by atoms with Gasteiger partial charge in [0.25, 0.3) is 5.91 Å². The monoisotopic (exact) mass is 283 g/mol. The van der Waals surface area contributed by atoms with Gasteiger partial charge in [0.05, 0.1) is 19.5 Å². The summed E-state index contributed by atoms with van der Waals surface area (Å²) >= 11 is 5.04. The minimum atomic E-state index is -0.339. The molecule has 104 valence electrons. The Balaban J connectivity index is 1.63. The fraction of sp³-hybridized carbons (Fsp3) is 0.500. The number of morpholine rings is 1. The predicted octanol–water partition coefficient (Wildman–Crippen LogP) is 0.216. The Morgan fingerprint density at radius 1 is 1.42 bits per heavy atom. The number of nitrogens with one attached hydrogen (secondary N) is 2. The summed E-state index contributed by atoms with van der Waals surface area (Å²) in [5.41, 5.74) is 0. The van der Waals surface area contributed by atoms with Crippen molar-refractivity contribution in [3.63, 3.8) is 0 Å². The third kappa shape index (κ3) is 4.62. The van der Waals surface area contributed by atoms with Crippen LogP contribution in [0.4, 0.5) is 0 Å².